The molecule has 2 amide bonds. The molecular formula is C17H29N3O2. The first kappa shape index (κ1) is 18.5. The Balaban J connectivity index is 2.62. The fraction of sp³-hybridized carbons (Fsp3) is 0.824. The van der Waals surface area contributed by atoms with E-state index in [4.69, 9.17) is 5.26 Å². The lowest BCUT2D eigenvalue weighted by Crippen LogP contribution is -2.47. The Bertz CT molecular complexity index is 409. The second kappa shape index (κ2) is 9.45. The highest BCUT2D eigenvalue weighted by atomic mass is 16.2. The van der Waals surface area contributed by atoms with Gasteiger partial charge in [-0.1, -0.05) is 46.0 Å². The Morgan fingerprint density at radius 3 is 2.45 bits per heavy atom. The van der Waals surface area contributed by atoms with Gasteiger partial charge in [-0.05, 0) is 24.7 Å². The predicted molar refractivity (Wildman–Crippen MR) is 85.6 cm³/mol. The van der Waals surface area contributed by atoms with Crippen LogP contribution in [0.2, 0.25) is 0 Å². The lowest BCUT2D eigenvalue weighted by atomic mass is 9.84. The zero-order valence-electron chi connectivity index (χ0n) is 14.1. The van der Waals surface area contributed by atoms with Gasteiger partial charge in [0.25, 0.3) is 5.91 Å². The lowest BCUT2D eigenvalue weighted by molar-refractivity contribution is -0.133. The second-order valence-corrected chi connectivity index (χ2v) is 6.79. The molecule has 0 aromatic rings. The van der Waals surface area contributed by atoms with Crippen LogP contribution in [0.4, 0.5) is 0 Å². The first-order valence-corrected chi connectivity index (χ1v) is 8.40. The van der Waals surface area contributed by atoms with Gasteiger partial charge in [-0.2, -0.15) is 5.26 Å². The van der Waals surface area contributed by atoms with Crippen LogP contribution in [0.25, 0.3) is 0 Å². The average Bonchev–Trinajstić information content (AvgIpc) is 2.51. The van der Waals surface area contributed by atoms with Crippen LogP contribution in [0.15, 0.2) is 0 Å². The third-order valence-electron chi connectivity index (χ3n) is 4.36. The first-order chi connectivity index (χ1) is 10.4. The normalized spacial score (nSPS) is 16.9. The van der Waals surface area contributed by atoms with Gasteiger partial charge in [-0.3, -0.25) is 14.5 Å². The van der Waals surface area contributed by atoms with Crippen LogP contribution in [0.1, 0.15) is 65.2 Å². The quantitative estimate of drug-likeness (QED) is 0.580. The lowest BCUT2D eigenvalue weighted by Gasteiger charge is -2.27. The maximum absolute atomic E-state index is 12.3. The molecule has 0 aromatic heterocycles. The van der Waals surface area contributed by atoms with Crippen molar-refractivity contribution in [1.29, 1.82) is 5.26 Å². The Hall–Kier alpha value is -1.57. The van der Waals surface area contributed by atoms with E-state index in [0.717, 1.165) is 24.2 Å². The van der Waals surface area contributed by atoms with Crippen LogP contribution >= 0.6 is 0 Å². The van der Waals surface area contributed by atoms with Gasteiger partial charge in [0.15, 0.2) is 6.19 Å². The average molecular weight is 307 g/mol. The number of carbonyl (C=O) groups excluding carboxylic acids is 2. The Morgan fingerprint density at radius 1 is 1.27 bits per heavy atom. The molecule has 1 atom stereocenters. The minimum atomic E-state index is -0.563. The van der Waals surface area contributed by atoms with Crippen molar-refractivity contribution in [2.75, 3.05) is 7.05 Å². The van der Waals surface area contributed by atoms with Crippen LogP contribution in [-0.4, -0.2) is 29.8 Å². The number of nitriles is 1. The highest BCUT2D eigenvalue weighted by molar-refractivity contribution is 5.88. The van der Waals surface area contributed by atoms with Gasteiger partial charge in [0, 0.05) is 13.5 Å². The Kier molecular flexibility index (Phi) is 7.94. The molecule has 0 aromatic carbocycles. The first-order valence-electron chi connectivity index (χ1n) is 8.40. The summed E-state index contributed by atoms with van der Waals surface area (Å²) in [5.41, 5.74) is 0. The molecule has 0 spiro atoms. The summed E-state index contributed by atoms with van der Waals surface area (Å²) >= 11 is 0. The molecule has 0 heterocycles. The summed E-state index contributed by atoms with van der Waals surface area (Å²) in [6, 6.07) is -0.563. The molecule has 124 valence electrons. The summed E-state index contributed by atoms with van der Waals surface area (Å²) in [6.07, 6.45) is 9.61. The van der Waals surface area contributed by atoms with E-state index in [-0.39, 0.29) is 11.8 Å². The Morgan fingerprint density at radius 2 is 1.91 bits per heavy atom. The number of carbonyl (C=O) groups is 2. The van der Waals surface area contributed by atoms with Crippen LogP contribution in [0.3, 0.4) is 0 Å². The Labute approximate surface area is 134 Å². The van der Waals surface area contributed by atoms with Crippen LogP contribution < -0.4 is 5.32 Å². The van der Waals surface area contributed by atoms with E-state index in [0.29, 0.717) is 24.7 Å². The third kappa shape index (κ3) is 6.46. The van der Waals surface area contributed by atoms with Gasteiger partial charge in [0.2, 0.25) is 5.91 Å². The summed E-state index contributed by atoms with van der Waals surface area (Å²) < 4.78 is 0. The van der Waals surface area contributed by atoms with E-state index < -0.39 is 6.04 Å². The molecule has 1 aliphatic rings. The summed E-state index contributed by atoms with van der Waals surface area (Å²) in [5, 5.41) is 11.8. The molecule has 1 aliphatic carbocycles. The number of likely N-dealkylation sites (N-methyl/N-ethyl adjacent to an activating group) is 1. The van der Waals surface area contributed by atoms with Gasteiger partial charge < -0.3 is 5.32 Å². The molecule has 1 rings (SSSR count). The molecule has 22 heavy (non-hydrogen) atoms. The molecule has 1 N–H and O–H groups in total. The highest BCUT2D eigenvalue weighted by Crippen LogP contribution is 2.27. The topological polar surface area (TPSA) is 73.2 Å². The van der Waals surface area contributed by atoms with E-state index in [1.165, 1.54) is 26.3 Å². The smallest absolute Gasteiger partial charge is 0.257 e. The molecular weight excluding hydrogens is 278 g/mol. The van der Waals surface area contributed by atoms with Crippen LogP contribution in [0.5, 0.6) is 0 Å². The maximum Gasteiger partial charge on any atom is 0.257 e. The summed E-state index contributed by atoms with van der Waals surface area (Å²) in [4.78, 5) is 25.4. The SMILES string of the molecule is CC(C)CCC(=O)N[C@@H](CC1CCCCC1)C(=O)N(C)C#N. The molecule has 1 saturated carbocycles. The predicted octanol–water partition coefficient (Wildman–Crippen LogP) is 2.82. The molecule has 0 radical (unpaired) electrons. The van der Waals surface area contributed by atoms with Crippen molar-refractivity contribution in [2.45, 2.75) is 71.3 Å². The fourth-order valence-electron chi connectivity index (χ4n) is 2.95. The van der Waals surface area contributed by atoms with Crippen molar-refractivity contribution in [2.24, 2.45) is 11.8 Å². The number of hydrogen-bond donors (Lipinski definition) is 1. The number of rotatable bonds is 7. The second-order valence-electron chi connectivity index (χ2n) is 6.79. The highest BCUT2D eigenvalue weighted by Gasteiger charge is 2.28. The van der Waals surface area contributed by atoms with Gasteiger partial charge in [-0.15, -0.1) is 0 Å². The number of amides is 2. The van der Waals surface area contributed by atoms with Gasteiger partial charge in [-0.25, -0.2) is 0 Å². The molecule has 5 nitrogen and oxygen atoms in total. The van der Waals surface area contributed by atoms with E-state index in [1.807, 2.05) is 6.19 Å². The van der Waals surface area contributed by atoms with E-state index in [2.05, 4.69) is 19.2 Å². The van der Waals surface area contributed by atoms with Crippen molar-refractivity contribution in [3.63, 3.8) is 0 Å². The number of nitrogens with one attached hydrogen (secondary N) is 1. The van der Waals surface area contributed by atoms with Crippen LogP contribution in [-0.2, 0) is 9.59 Å². The zero-order valence-corrected chi connectivity index (χ0v) is 14.1. The minimum absolute atomic E-state index is 0.0887. The molecule has 0 bridgehead atoms. The van der Waals surface area contributed by atoms with E-state index >= 15 is 0 Å². The summed E-state index contributed by atoms with van der Waals surface area (Å²) in [7, 11) is 1.45. The van der Waals surface area contributed by atoms with Crippen molar-refractivity contribution in [3.05, 3.63) is 0 Å². The maximum atomic E-state index is 12.3. The fourth-order valence-corrected chi connectivity index (χ4v) is 2.95. The minimum Gasteiger partial charge on any atom is -0.344 e. The number of hydrogen-bond acceptors (Lipinski definition) is 3. The third-order valence-corrected chi connectivity index (χ3v) is 4.36. The standard InChI is InChI=1S/C17H29N3O2/c1-13(2)9-10-16(21)19-15(17(22)20(3)12-18)11-14-7-5-4-6-8-14/h13-15H,4-11H2,1-3H3,(H,19,21)/t15-/m0/s1. The van der Waals surface area contributed by atoms with Gasteiger partial charge in [0.05, 0.1) is 0 Å². The molecule has 0 unspecified atom stereocenters. The van der Waals surface area contributed by atoms with Crippen molar-refractivity contribution in [1.82, 2.24) is 10.2 Å². The zero-order chi connectivity index (χ0) is 16.5. The molecule has 0 aliphatic heterocycles. The van der Waals surface area contributed by atoms with E-state index in [9.17, 15) is 9.59 Å². The van der Waals surface area contributed by atoms with E-state index in [1.54, 1.807) is 0 Å². The number of nitrogens with zero attached hydrogens (tertiary/aromatic N) is 2. The van der Waals surface area contributed by atoms with Gasteiger partial charge in [0.1, 0.15) is 6.04 Å². The van der Waals surface area contributed by atoms with Crippen molar-refractivity contribution >= 4 is 11.8 Å². The van der Waals surface area contributed by atoms with Gasteiger partial charge >= 0.3 is 0 Å². The van der Waals surface area contributed by atoms with Crippen molar-refractivity contribution < 1.29 is 9.59 Å². The summed E-state index contributed by atoms with van der Waals surface area (Å²) in [6.45, 7) is 4.14. The monoisotopic (exact) mass is 307 g/mol. The van der Waals surface area contributed by atoms with Crippen molar-refractivity contribution in [3.8, 4) is 6.19 Å². The summed E-state index contributed by atoms with van der Waals surface area (Å²) in [5.74, 6) is 0.542. The molecule has 1 fully saturated rings. The molecule has 0 saturated heterocycles. The van der Waals surface area contributed by atoms with Crippen LogP contribution in [0, 0.1) is 23.3 Å². The molecule has 5 heteroatoms. The largest absolute Gasteiger partial charge is 0.344 e.